The molecular formula is C8H12N6O. The van der Waals surface area contributed by atoms with Crippen molar-refractivity contribution in [3.63, 3.8) is 0 Å². The fourth-order valence-electron chi connectivity index (χ4n) is 1.43. The Balaban J connectivity index is 2.17. The van der Waals surface area contributed by atoms with E-state index in [4.69, 9.17) is 5.84 Å². The first-order valence-electron chi connectivity index (χ1n) is 4.61. The topological polar surface area (TPSA) is 96.2 Å². The highest BCUT2D eigenvalue weighted by atomic mass is 16.2. The number of anilines is 2. The molecule has 7 heteroatoms. The van der Waals surface area contributed by atoms with E-state index in [0.717, 1.165) is 6.54 Å². The van der Waals surface area contributed by atoms with E-state index in [1.807, 2.05) is 4.90 Å². The molecule has 0 radical (unpaired) electrons. The Morgan fingerprint density at radius 3 is 3.20 bits per heavy atom. The number of nitrogens with one attached hydrogen (secondary N) is 2. The second-order valence-electron chi connectivity index (χ2n) is 3.15. The van der Waals surface area contributed by atoms with Crippen molar-refractivity contribution in [1.29, 1.82) is 0 Å². The van der Waals surface area contributed by atoms with Gasteiger partial charge in [0, 0.05) is 19.3 Å². The summed E-state index contributed by atoms with van der Waals surface area (Å²) in [5.41, 5.74) is 2.37. The molecule has 7 nitrogen and oxygen atoms in total. The maximum absolute atomic E-state index is 11.2. The molecule has 1 saturated heterocycles. The van der Waals surface area contributed by atoms with Crippen LogP contribution in [0.1, 0.15) is 0 Å². The first kappa shape index (κ1) is 9.66. The molecular weight excluding hydrogens is 196 g/mol. The molecule has 1 amide bonds. The summed E-state index contributed by atoms with van der Waals surface area (Å²) in [5.74, 6) is 6.25. The van der Waals surface area contributed by atoms with E-state index >= 15 is 0 Å². The number of carbonyl (C=O) groups excluding carboxylic acids is 1. The van der Waals surface area contributed by atoms with E-state index in [1.54, 1.807) is 12.3 Å². The van der Waals surface area contributed by atoms with Crippen LogP contribution in [-0.4, -0.2) is 35.5 Å². The van der Waals surface area contributed by atoms with Gasteiger partial charge >= 0.3 is 0 Å². The third kappa shape index (κ3) is 2.13. The van der Waals surface area contributed by atoms with Crippen LogP contribution in [0.4, 0.5) is 11.8 Å². The van der Waals surface area contributed by atoms with Crippen LogP contribution < -0.4 is 21.5 Å². The van der Waals surface area contributed by atoms with Gasteiger partial charge in [-0.05, 0) is 6.07 Å². The van der Waals surface area contributed by atoms with Gasteiger partial charge in [0.15, 0.2) is 0 Å². The highest BCUT2D eigenvalue weighted by Crippen LogP contribution is 2.11. The first-order chi connectivity index (χ1) is 7.29. The number of aromatic nitrogens is 2. The predicted molar refractivity (Wildman–Crippen MR) is 55.1 cm³/mol. The molecule has 1 aromatic heterocycles. The van der Waals surface area contributed by atoms with Gasteiger partial charge in [-0.1, -0.05) is 0 Å². The maximum Gasteiger partial charge on any atom is 0.239 e. The van der Waals surface area contributed by atoms with E-state index in [9.17, 15) is 4.79 Å². The van der Waals surface area contributed by atoms with Crippen molar-refractivity contribution in [3.8, 4) is 0 Å². The lowest BCUT2D eigenvalue weighted by atomic mass is 10.3. The van der Waals surface area contributed by atoms with Crippen molar-refractivity contribution in [2.75, 3.05) is 30.0 Å². The Kier molecular flexibility index (Phi) is 2.64. The van der Waals surface area contributed by atoms with E-state index in [0.29, 0.717) is 24.9 Å². The van der Waals surface area contributed by atoms with Gasteiger partial charge in [0.05, 0.1) is 6.54 Å². The summed E-state index contributed by atoms with van der Waals surface area (Å²) in [7, 11) is 0. The van der Waals surface area contributed by atoms with Gasteiger partial charge in [-0.15, -0.1) is 0 Å². The van der Waals surface area contributed by atoms with Gasteiger partial charge in [-0.3, -0.25) is 10.2 Å². The number of hydrogen-bond acceptors (Lipinski definition) is 6. The molecule has 0 saturated carbocycles. The summed E-state index contributed by atoms with van der Waals surface area (Å²) in [6.07, 6.45) is 1.60. The number of carbonyl (C=O) groups is 1. The highest BCUT2D eigenvalue weighted by Gasteiger charge is 2.17. The van der Waals surface area contributed by atoms with Crippen LogP contribution in [0.3, 0.4) is 0 Å². The fraction of sp³-hybridized carbons (Fsp3) is 0.375. The molecule has 1 fully saturated rings. The molecule has 80 valence electrons. The minimum atomic E-state index is 0.00196. The Bertz CT molecular complexity index is 368. The van der Waals surface area contributed by atoms with Crippen LogP contribution in [0.15, 0.2) is 12.3 Å². The smallest absolute Gasteiger partial charge is 0.239 e. The molecule has 2 heterocycles. The summed E-state index contributed by atoms with van der Waals surface area (Å²) in [5, 5.41) is 2.75. The number of piperazine rings is 1. The summed E-state index contributed by atoms with van der Waals surface area (Å²) < 4.78 is 0. The zero-order chi connectivity index (χ0) is 10.7. The van der Waals surface area contributed by atoms with Crippen LogP contribution in [0.5, 0.6) is 0 Å². The number of hydrazine groups is 1. The first-order valence-corrected chi connectivity index (χ1v) is 4.61. The van der Waals surface area contributed by atoms with E-state index in [-0.39, 0.29) is 5.91 Å². The van der Waals surface area contributed by atoms with Crippen molar-refractivity contribution < 1.29 is 4.79 Å². The van der Waals surface area contributed by atoms with Crippen molar-refractivity contribution in [2.24, 2.45) is 5.84 Å². The lowest BCUT2D eigenvalue weighted by Gasteiger charge is -2.27. The second-order valence-corrected chi connectivity index (χ2v) is 3.15. The SMILES string of the molecule is NNc1nccc(N2CCNC(=O)C2)n1. The van der Waals surface area contributed by atoms with Crippen molar-refractivity contribution >= 4 is 17.7 Å². The normalized spacial score (nSPS) is 16.1. The molecule has 0 atom stereocenters. The zero-order valence-corrected chi connectivity index (χ0v) is 8.10. The molecule has 0 unspecified atom stereocenters. The third-order valence-electron chi connectivity index (χ3n) is 2.13. The molecule has 1 aliphatic heterocycles. The molecule has 15 heavy (non-hydrogen) atoms. The average molecular weight is 208 g/mol. The monoisotopic (exact) mass is 208 g/mol. The molecule has 0 aromatic carbocycles. The third-order valence-corrected chi connectivity index (χ3v) is 2.13. The van der Waals surface area contributed by atoms with Gasteiger partial charge in [0.2, 0.25) is 11.9 Å². The minimum absolute atomic E-state index is 0.00196. The number of nitrogens with two attached hydrogens (primary N) is 1. The number of rotatable bonds is 2. The number of hydrogen-bond donors (Lipinski definition) is 3. The van der Waals surface area contributed by atoms with E-state index in [1.165, 1.54) is 0 Å². The summed E-state index contributed by atoms with van der Waals surface area (Å²) in [6.45, 7) is 1.70. The lowest BCUT2D eigenvalue weighted by molar-refractivity contribution is -0.120. The van der Waals surface area contributed by atoms with Crippen LogP contribution in [0.2, 0.25) is 0 Å². The van der Waals surface area contributed by atoms with Crippen LogP contribution >= 0.6 is 0 Å². The van der Waals surface area contributed by atoms with Crippen LogP contribution in [0, 0.1) is 0 Å². The summed E-state index contributed by atoms with van der Waals surface area (Å²) >= 11 is 0. The second kappa shape index (κ2) is 4.09. The summed E-state index contributed by atoms with van der Waals surface area (Å²) in [6, 6.07) is 1.75. The quantitative estimate of drug-likeness (QED) is 0.413. The van der Waals surface area contributed by atoms with E-state index in [2.05, 4.69) is 20.7 Å². The van der Waals surface area contributed by atoms with Crippen molar-refractivity contribution in [1.82, 2.24) is 15.3 Å². The molecule has 1 aromatic rings. The number of nitrogens with zero attached hydrogens (tertiary/aromatic N) is 3. The average Bonchev–Trinajstić information content (AvgIpc) is 2.29. The van der Waals surface area contributed by atoms with Crippen molar-refractivity contribution in [2.45, 2.75) is 0 Å². The minimum Gasteiger partial charge on any atom is -0.353 e. The highest BCUT2D eigenvalue weighted by molar-refractivity contribution is 5.82. The Hall–Kier alpha value is -1.89. The van der Waals surface area contributed by atoms with Gasteiger partial charge in [0.25, 0.3) is 0 Å². The lowest BCUT2D eigenvalue weighted by Crippen LogP contribution is -2.48. The Morgan fingerprint density at radius 2 is 2.47 bits per heavy atom. The number of nitrogen functional groups attached to an aromatic ring is 1. The van der Waals surface area contributed by atoms with Gasteiger partial charge < -0.3 is 10.2 Å². The Morgan fingerprint density at radius 1 is 1.60 bits per heavy atom. The Labute approximate surface area is 86.7 Å². The molecule has 0 bridgehead atoms. The van der Waals surface area contributed by atoms with Crippen molar-refractivity contribution in [3.05, 3.63) is 12.3 Å². The largest absolute Gasteiger partial charge is 0.353 e. The number of amides is 1. The standard InChI is InChI=1S/C8H12N6O/c9-13-8-11-2-1-6(12-8)14-4-3-10-7(15)5-14/h1-2H,3-5,9H2,(H,10,15)(H,11,12,13). The maximum atomic E-state index is 11.2. The van der Waals surface area contributed by atoms with Crippen LogP contribution in [-0.2, 0) is 4.79 Å². The van der Waals surface area contributed by atoms with Gasteiger partial charge in [-0.25, -0.2) is 10.8 Å². The molecule has 4 N–H and O–H groups in total. The molecule has 0 spiro atoms. The van der Waals surface area contributed by atoms with Gasteiger partial charge in [-0.2, -0.15) is 4.98 Å². The molecule has 1 aliphatic rings. The van der Waals surface area contributed by atoms with E-state index < -0.39 is 0 Å². The molecule has 0 aliphatic carbocycles. The summed E-state index contributed by atoms with van der Waals surface area (Å²) in [4.78, 5) is 21.1. The fourth-order valence-corrected chi connectivity index (χ4v) is 1.43. The van der Waals surface area contributed by atoms with Gasteiger partial charge in [0.1, 0.15) is 5.82 Å². The van der Waals surface area contributed by atoms with Crippen LogP contribution in [0.25, 0.3) is 0 Å². The zero-order valence-electron chi connectivity index (χ0n) is 8.10. The predicted octanol–water partition coefficient (Wildman–Crippen LogP) is -1.30. The molecule has 2 rings (SSSR count).